The van der Waals surface area contributed by atoms with E-state index in [0.717, 1.165) is 12.0 Å². The molecular weight excluding hydrogens is 160 g/mol. The van der Waals surface area contributed by atoms with Crippen LogP contribution in [-0.4, -0.2) is 11.2 Å². The summed E-state index contributed by atoms with van der Waals surface area (Å²) in [6.45, 7) is 1.88. The van der Waals surface area contributed by atoms with Crippen molar-refractivity contribution in [3.8, 4) is 12.3 Å². The van der Waals surface area contributed by atoms with E-state index in [2.05, 4.69) is 12.0 Å². The molecule has 0 radical (unpaired) electrons. The molecule has 13 heavy (non-hydrogen) atoms. The molecule has 1 aliphatic carbocycles. The molecule has 0 amide bonds. The Morgan fingerprint density at radius 1 is 1.85 bits per heavy atom. The van der Waals surface area contributed by atoms with Gasteiger partial charge in [-0.25, -0.2) is 0 Å². The summed E-state index contributed by atoms with van der Waals surface area (Å²) in [4.78, 5) is 0. The van der Waals surface area contributed by atoms with E-state index in [1.807, 2.05) is 13.0 Å². The van der Waals surface area contributed by atoms with Gasteiger partial charge in [0.2, 0.25) is 0 Å². The van der Waals surface area contributed by atoms with Crippen molar-refractivity contribution in [2.45, 2.75) is 38.7 Å². The maximum atomic E-state index is 9.28. The summed E-state index contributed by atoms with van der Waals surface area (Å²) in [6, 6.07) is 0. The van der Waals surface area contributed by atoms with E-state index in [1.165, 1.54) is 24.8 Å². The standard InChI is InChI=1S/C12H16O/c1-3-12(13)10(2)8-9-11-6-4-5-7-11/h1,6,8,12-13H,4-5,7,9H2,2H3/b10-8+. The Morgan fingerprint density at radius 2 is 2.62 bits per heavy atom. The summed E-state index contributed by atoms with van der Waals surface area (Å²) < 4.78 is 0. The van der Waals surface area contributed by atoms with Crippen molar-refractivity contribution >= 4 is 0 Å². The second-order valence-electron chi connectivity index (χ2n) is 3.48. The van der Waals surface area contributed by atoms with Gasteiger partial charge in [0.1, 0.15) is 6.10 Å². The highest BCUT2D eigenvalue weighted by Gasteiger charge is 2.04. The summed E-state index contributed by atoms with van der Waals surface area (Å²) >= 11 is 0. The van der Waals surface area contributed by atoms with Crippen LogP contribution in [0.15, 0.2) is 23.3 Å². The van der Waals surface area contributed by atoms with Crippen LogP contribution in [-0.2, 0) is 0 Å². The van der Waals surface area contributed by atoms with Crippen LogP contribution in [0.25, 0.3) is 0 Å². The van der Waals surface area contributed by atoms with Crippen LogP contribution in [0.4, 0.5) is 0 Å². The Balaban J connectivity index is 2.43. The lowest BCUT2D eigenvalue weighted by atomic mass is 10.1. The van der Waals surface area contributed by atoms with Gasteiger partial charge in [0, 0.05) is 0 Å². The summed E-state index contributed by atoms with van der Waals surface area (Å²) in [7, 11) is 0. The molecule has 0 heterocycles. The lowest BCUT2D eigenvalue weighted by Gasteiger charge is -2.03. The minimum Gasteiger partial charge on any atom is -0.376 e. The third-order valence-corrected chi connectivity index (χ3v) is 2.41. The SMILES string of the molecule is C#CC(O)/C(C)=C/CC1=CCCC1. The van der Waals surface area contributed by atoms with Gasteiger partial charge in [-0.2, -0.15) is 0 Å². The van der Waals surface area contributed by atoms with Crippen LogP contribution >= 0.6 is 0 Å². The lowest BCUT2D eigenvalue weighted by molar-refractivity contribution is 0.268. The van der Waals surface area contributed by atoms with Crippen LogP contribution in [0.3, 0.4) is 0 Å². The summed E-state index contributed by atoms with van der Waals surface area (Å²) in [5.74, 6) is 2.31. The number of allylic oxidation sites excluding steroid dienone is 3. The monoisotopic (exact) mass is 176 g/mol. The van der Waals surface area contributed by atoms with Crippen LogP contribution in [0.5, 0.6) is 0 Å². The third-order valence-electron chi connectivity index (χ3n) is 2.41. The molecule has 0 spiro atoms. The van der Waals surface area contributed by atoms with E-state index >= 15 is 0 Å². The number of aliphatic hydroxyl groups is 1. The second kappa shape index (κ2) is 4.89. The van der Waals surface area contributed by atoms with Gasteiger partial charge in [0.05, 0.1) is 0 Å². The zero-order valence-electron chi connectivity index (χ0n) is 8.09. The van der Waals surface area contributed by atoms with Crippen LogP contribution in [0.1, 0.15) is 32.6 Å². The number of hydrogen-bond acceptors (Lipinski definition) is 1. The van der Waals surface area contributed by atoms with Crippen molar-refractivity contribution in [2.24, 2.45) is 0 Å². The molecule has 1 aliphatic rings. The van der Waals surface area contributed by atoms with Gasteiger partial charge in [-0.05, 0) is 38.2 Å². The predicted molar refractivity (Wildman–Crippen MR) is 55.1 cm³/mol. The largest absolute Gasteiger partial charge is 0.376 e. The van der Waals surface area contributed by atoms with Crippen molar-refractivity contribution in [3.05, 3.63) is 23.3 Å². The van der Waals surface area contributed by atoms with Crippen molar-refractivity contribution in [2.75, 3.05) is 0 Å². The van der Waals surface area contributed by atoms with Gasteiger partial charge in [-0.15, -0.1) is 6.42 Å². The first-order chi connectivity index (χ1) is 6.24. The zero-order chi connectivity index (χ0) is 9.68. The van der Waals surface area contributed by atoms with E-state index in [9.17, 15) is 5.11 Å². The van der Waals surface area contributed by atoms with Gasteiger partial charge < -0.3 is 5.11 Å². The minimum atomic E-state index is -0.706. The van der Waals surface area contributed by atoms with Crippen molar-refractivity contribution < 1.29 is 5.11 Å². The molecule has 1 nitrogen and oxygen atoms in total. The van der Waals surface area contributed by atoms with Gasteiger partial charge in [0.25, 0.3) is 0 Å². The van der Waals surface area contributed by atoms with Crippen molar-refractivity contribution in [1.29, 1.82) is 0 Å². The molecule has 0 saturated carbocycles. The van der Waals surface area contributed by atoms with E-state index in [0.29, 0.717) is 0 Å². The Hall–Kier alpha value is -1.00. The Bertz CT molecular complexity index is 265. The highest BCUT2D eigenvalue weighted by Crippen LogP contribution is 2.21. The number of aliphatic hydroxyl groups excluding tert-OH is 1. The van der Waals surface area contributed by atoms with Crippen molar-refractivity contribution in [1.82, 2.24) is 0 Å². The van der Waals surface area contributed by atoms with E-state index < -0.39 is 6.10 Å². The molecular formula is C12H16O. The molecule has 0 bridgehead atoms. The number of rotatable bonds is 3. The highest BCUT2D eigenvalue weighted by atomic mass is 16.3. The van der Waals surface area contributed by atoms with Gasteiger partial charge in [0.15, 0.2) is 0 Å². The average molecular weight is 176 g/mol. The maximum Gasteiger partial charge on any atom is 0.135 e. The van der Waals surface area contributed by atoms with E-state index in [1.54, 1.807) is 0 Å². The first-order valence-electron chi connectivity index (χ1n) is 4.73. The third kappa shape index (κ3) is 3.08. The number of terminal acetylenes is 1. The van der Waals surface area contributed by atoms with Crippen LogP contribution in [0.2, 0.25) is 0 Å². The first kappa shape index (κ1) is 10.1. The van der Waals surface area contributed by atoms with Gasteiger partial charge >= 0.3 is 0 Å². The Kier molecular flexibility index (Phi) is 3.79. The topological polar surface area (TPSA) is 20.2 Å². The smallest absolute Gasteiger partial charge is 0.135 e. The lowest BCUT2D eigenvalue weighted by Crippen LogP contribution is -2.03. The zero-order valence-corrected chi connectivity index (χ0v) is 8.09. The molecule has 0 aromatic carbocycles. The van der Waals surface area contributed by atoms with Crippen LogP contribution < -0.4 is 0 Å². The summed E-state index contributed by atoms with van der Waals surface area (Å²) in [5, 5.41) is 9.28. The molecule has 1 rings (SSSR count). The quantitative estimate of drug-likeness (QED) is 0.517. The van der Waals surface area contributed by atoms with Gasteiger partial charge in [-0.3, -0.25) is 0 Å². The average Bonchev–Trinajstić information content (AvgIpc) is 2.65. The fourth-order valence-corrected chi connectivity index (χ4v) is 1.46. The Morgan fingerprint density at radius 3 is 3.15 bits per heavy atom. The van der Waals surface area contributed by atoms with Crippen LogP contribution in [0, 0.1) is 12.3 Å². The Labute approximate surface area is 80.2 Å². The van der Waals surface area contributed by atoms with Gasteiger partial charge in [-0.1, -0.05) is 23.6 Å². The fourth-order valence-electron chi connectivity index (χ4n) is 1.46. The predicted octanol–water partition coefficient (Wildman–Crippen LogP) is 2.43. The fraction of sp³-hybridized carbons (Fsp3) is 0.500. The molecule has 1 unspecified atom stereocenters. The second-order valence-corrected chi connectivity index (χ2v) is 3.48. The molecule has 1 N–H and O–H groups in total. The number of hydrogen-bond donors (Lipinski definition) is 1. The van der Waals surface area contributed by atoms with E-state index in [-0.39, 0.29) is 0 Å². The maximum absolute atomic E-state index is 9.28. The molecule has 70 valence electrons. The molecule has 0 aromatic heterocycles. The molecule has 1 atom stereocenters. The summed E-state index contributed by atoms with van der Waals surface area (Å²) in [6.07, 6.45) is 13.3. The summed E-state index contributed by atoms with van der Waals surface area (Å²) in [5.41, 5.74) is 2.36. The molecule has 1 heteroatoms. The normalized spacial score (nSPS) is 19.5. The van der Waals surface area contributed by atoms with Crippen molar-refractivity contribution in [3.63, 3.8) is 0 Å². The molecule has 0 aromatic rings. The molecule has 0 aliphatic heterocycles. The molecule has 0 fully saturated rings. The molecule has 0 saturated heterocycles. The minimum absolute atomic E-state index is 0.706. The highest BCUT2D eigenvalue weighted by molar-refractivity contribution is 5.20. The van der Waals surface area contributed by atoms with E-state index in [4.69, 9.17) is 6.42 Å². The first-order valence-corrected chi connectivity index (χ1v) is 4.73.